The summed E-state index contributed by atoms with van der Waals surface area (Å²) >= 11 is 1.47. The van der Waals surface area contributed by atoms with Crippen molar-refractivity contribution in [3.8, 4) is 17.1 Å². The van der Waals surface area contributed by atoms with Crippen LogP contribution in [0, 0.1) is 0 Å². The number of aromatic nitrogens is 3. The maximum atomic E-state index is 13.4. The van der Waals surface area contributed by atoms with Crippen molar-refractivity contribution in [1.29, 1.82) is 0 Å². The number of ether oxygens (including phenoxy) is 1. The zero-order valence-electron chi connectivity index (χ0n) is 20.6. The number of hydrogen-bond donors (Lipinski definition) is 0. The van der Waals surface area contributed by atoms with Crippen LogP contribution in [0.5, 0.6) is 5.75 Å². The number of rotatable bonds is 8. The van der Waals surface area contributed by atoms with E-state index in [9.17, 15) is 4.79 Å². The number of benzene rings is 3. The summed E-state index contributed by atoms with van der Waals surface area (Å²) in [6.07, 6.45) is 1.73. The van der Waals surface area contributed by atoms with Crippen LogP contribution in [0.1, 0.15) is 23.6 Å². The van der Waals surface area contributed by atoms with Crippen molar-refractivity contribution in [2.75, 3.05) is 13.7 Å². The number of carbonyl (C=O) groups is 1. The molecular weight excluding hydrogens is 468 g/mol. The molecule has 1 aliphatic heterocycles. The fourth-order valence-electron chi connectivity index (χ4n) is 4.64. The van der Waals surface area contributed by atoms with E-state index in [0.717, 1.165) is 41.7 Å². The molecule has 0 N–H and O–H groups in total. The Morgan fingerprint density at radius 2 is 1.69 bits per heavy atom. The molecule has 0 radical (unpaired) electrons. The Morgan fingerprint density at radius 1 is 0.972 bits per heavy atom. The van der Waals surface area contributed by atoms with Gasteiger partial charge >= 0.3 is 0 Å². The summed E-state index contributed by atoms with van der Waals surface area (Å²) in [6.45, 7) is 4.07. The van der Waals surface area contributed by atoms with Gasteiger partial charge in [-0.15, -0.1) is 10.2 Å². The second-order valence-electron chi connectivity index (χ2n) is 8.93. The van der Waals surface area contributed by atoms with Crippen molar-refractivity contribution in [2.24, 2.45) is 0 Å². The Kier molecular flexibility index (Phi) is 7.37. The van der Waals surface area contributed by atoms with E-state index < -0.39 is 0 Å². The average molecular weight is 499 g/mol. The summed E-state index contributed by atoms with van der Waals surface area (Å²) in [4.78, 5) is 15.4. The Bertz CT molecular complexity index is 1340. The standard InChI is InChI=1S/C29H30N4O2S/c1-21(28(34)32-18-17-23-12-6-7-13-24(23)20-32)36-29-31-30-27(25-14-8-9-15-26(25)35-2)33(29)19-16-22-10-4-3-5-11-22/h3-15,21H,16-20H2,1-2H3/t21-/m1/s1. The van der Waals surface area contributed by atoms with E-state index in [0.29, 0.717) is 13.1 Å². The lowest BCUT2D eigenvalue weighted by Crippen LogP contribution is -2.40. The van der Waals surface area contributed by atoms with Crippen molar-refractivity contribution in [2.45, 2.75) is 43.3 Å². The molecule has 0 unspecified atom stereocenters. The molecule has 1 atom stereocenters. The highest BCUT2D eigenvalue weighted by molar-refractivity contribution is 8.00. The van der Waals surface area contributed by atoms with Crippen molar-refractivity contribution < 1.29 is 9.53 Å². The van der Waals surface area contributed by atoms with E-state index in [1.54, 1.807) is 7.11 Å². The molecule has 7 heteroatoms. The molecule has 184 valence electrons. The fourth-order valence-corrected chi connectivity index (χ4v) is 5.60. The Balaban J connectivity index is 1.39. The number of aryl methyl sites for hydroxylation is 1. The molecule has 2 heterocycles. The molecule has 36 heavy (non-hydrogen) atoms. The minimum absolute atomic E-state index is 0.131. The summed E-state index contributed by atoms with van der Waals surface area (Å²) in [5.74, 6) is 1.63. The molecule has 5 rings (SSSR count). The van der Waals surface area contributed by atoms with Crippen LogP contribution in [0.3, 0.4) is 0 Å². The molecule has 1 aromatic heterocycles. The van der Waals surface area contributed by atoms with Gasteiger partial charge in [-0.1, -0.05) is 78.5 Å². The largest absolute Gasteiger partial charge is 0.496 e. The van der Waals surface area contributed by atoms with Crippen molar-refractivity contribution >= 4 is 17.7 Å². The van der Waals surface area contributed by atoms with Crippen LogP contribution >= 0.6 is 11.8 Å². The Labute approximate surface area is 216 Å². The summed E-state index contributed by atoms with van der Waals surface area (Å²) < 4.78 is 7.72. The van der Waals surface area contributed by atoms with Gasteiger partial charge in [-0.3, -0.25) is 4.79 Å². The first-order chi connectivity index (χ1) is 17.6. The first-order valence-electron chi connectivity index (χ1n) is 12.3. The van der Waals surface area contributed by atoms with Gasteiger partial charge in [-0.2, -0.15) is 0 Å². The third kappa shape index (κ3) is 5.16. The van der Waals surface area contributed by atoms with Crippen LogP contribution in [0.25, 0.3) is 11.4 Å². The lowest BCUT2D eigenvalue weighted by molar-refractivity contribution is -0.131. The average Bonchev–Trinajstić information content (AvgIpc) is 3.33. The lowest BCUT2D eigenvalue weighted by atomic mass is 10.00. The lowest BCUT2D eigenvalue weighted by Gasteiger charge is -2.30. The highest BCUT2D eigenvalue weighted by Crippen LogP contribution is 2.33. The molecule has 1 amide bonds. The number of methoxy groups -OCH3 is 1. The van der Waals surface area contributed by atoms with E-state index in [-0.39, 0.29) is 11.2 Å². The van der Waals surface area contributed by atoms with Gasteiger partial charge < -0.3 is 14.2 Å². The number of amides is 1. The van der Waals surface area contributed by atoms with Crippen LogP contribution in [0.4, 0.5) is 0 Å². The number of carbonyl (C=O) groups excluding carboxylic acids is 1. The SMILES string of the molecule is COc1ccccc1-c1nnc(S[C@H](C)C(=O)N2CCc3ccccc3C2)n1CCc1ccccc1. The molecular formula is C29H30N4O2S. The molecule has 0 fully saturated rings. The molecule has 3 aromatic carbocycles. The van der Waals surface area contributed by atoms with Gasteiger partial charge in [0.2, 0.25) is 5.91 Å². The molecule has 0 saturated carbocycles. The molecule has 0 bridgehead atoms. The monoisotopic (exact) mass is 498 g/mol. The van der Waals surface area contributed by atoms with Gasteiger partial charge in [0.1, 0.15) is 5.75 Å². The summed E-state index contributed by atoms with van der Waals surface area (Å²) in [5.41, 5.74) is 4.70. The van der Waals surface area contributed by atoms with Gasteiger partial charge in [-0.05, 0) is 48.6 Å². The topological polar surface area (TPSA) is 60.3 Å². The molecule has 6 nitrogen and oxygen atoms in total. The number of thioether (sulfide) groups is 1. The highest BCUT2D eigenvalue weighted by Gasteiger charge is 2.27. The van der Waals surface area contributed by atoms with Gasteiger partial charge in [-0.25, -0.2) is 0 Å². The quantitative estimate of drug-likeness (QED) is 0.310. The van der Waals surface area contributed by atoms with Crippen LogP contribution in [-0.4, -0.2) is 44.5 Å². The maximum Gasteiger partial charge on any atom is 0.236 e. The minimum atomic E-state index is -0.277. The fraction of sp³-hybridized carbons (Fsp3) is 0.276. The van der Waals surface area contributed by atoms with E-state index in [2.05, 4.69) is 57.2 Å². The van der Waals surface area contributed by atoms with E-state index in [1.807, 2.05) is 48.2 Å². The zero-order chi connectivity index (χ0) is 24.9. The summed E-state index contributed by atoms with van der Waals surface area (Å²) in [7, 11) is 1.66. The maximum absolute atomic E-state index is 13.4. The van der Waals surface area contributed by atoms with Gasteiger partial charge in [0.15, 0.2) is 11.0 Å². The summed E-state index contributed by atoms with van der Waals surface area (Å²) in [6, 6.07) is 26.6. The van der Waals surface area contributed by atoms with E-state index in [1.165, 1.54) is 28.5 Å². The molecule has 0 saturated heterocycles. The van der Waals surface area contributed by atoms with Gasteiger partial charge in [0.05, 0.1) is 17.9 Å². The second-order valence-corrected chi connectivity index (χ2v) is 10.2. The Morgan fingerprint density at radius 3 is 2.50 bits per heavy atom. The molecule has 1 aliphatic rings. The minimum Gasteiger partial charge on any atom is -0.496 e. The third-order valence-electron chi connectivity index (χ3n) is 6.60. The highest BCUT2D eigenvalue weighted by atomic mass is 32.2. The predicted molar refractivity (Wildman–Crippen MR) is 143 cm³/mol. The smallest absolute Gasteiger partial charge is 0.236 e. The van der Waals surface area contributed by atoms with Crippen molar-refractivity contribution in [3.05, 3.63) is 95.6 Å². The zero-order valence-corrected chi connectivity index (χ0v) is 21.4. The van der Waals surface area contributed by atoms with Crippen LogP contribution in [0.2, 0.25) is 0 Å². The van der Waals surface area contributed by atoms with E-state index in [4.69, 9.17) is 4.74 Å². The predicted octanol–water partition coefficient (Wildman–Crippen LogP) is 5.26. The second kappa shape index (κ2) is 11.0. The Hall–Kier alpha value is -3.58. The first kappa shape index (κ1) is 24.1. The first-order valence-corrected chi connectivity index (χ1v) is 13.1. The van der Waals surface area contributed by atoms with Crippen LogP contribution in [-0.2, 0) is 30.7 Å². The normalized spacial score (nSPS) is 13.8. The molecule has 0 aliphatic carbocycles. The number of fused-ring (bicyclic) bond motifs is 1. The van der Waals surface area contributed by atoms with Gasteiger partial charge in [0, 0.05) is 19.6 Å². The van der Waals surface area contributed by atoms with Crippen molar-refractivity contribution in [1.82, 2.24) is 19.7 Å². The van der Waals surface area contributed by atoms with E-state index >= 15 is 0 Å². The number of nitrogens with zero attached hydrogens (tertiary/aromatic N) is 4. The number of para-hydroxylation sites is 1. The summed E-state index contributed by atoms with van der Waals surface area (Å²) in [5, 5.41) is 9.55. The third-order valence-corrected chi connectivity index (χ3v) is 7.67. The van der Waals surface area contributed by atoms with Crippen LogP contribution in [0.15, 0.2) is 84.0 Å². The molecule has 0 spiro atoms. The van der Waals surface area contributed by atoms with Gasteiger partial charge in [0.25, 0.3) is 0 Å². The number of hydrogen-bond acceptors (Lipinski definition) is 5. The molecule has 4 aromatic rings. The van der Waals surface area contributed by atoms with Crippen molar-refractivity contribution in [3.63, 3.8) is 0 Å². The van der Waals surface area contributed by atoms with Crippen LogP contribution < -0.4 is 4.74 Å².